The molecule has 22 heteroatoms. The van der Waals surface area contributed by atoms with Crippen LogP contribution < -0.4 is 15.4 Å². The first kappa shape index (κ1) is 57.6. The number of likely N-dealkylation sites (tertiary alicyclic amines) is 2. The van der Waals surface area contributed by atoms with Crippen LogP contribution in [0.5, 0.6) is 5.75 Å². The summed E-state index contributed by atoms with van der Waals surface area (Å²) in [6.45, 7) is 12.9. The summed E-state index contributed by atoms with van der Waals surface area (Å²) in [5.41, 5.74) is 4.62. The molecule has 2 fully saturated rings. The minimum atomic E-state index is -0.771. The zero-order chi connectivity index (χ0) is 48.1. The van der Waals surface area contributed by atoms with Crippen molar-refractivity contribution in [1.82, 2.24) is 44.9 Å². The Morgan fingerprint density at radius 1 is 0.736 bits per heavy atom. The highest BCUT2D eigenvalue weighted by Gasteiger charge is 2.40. The van der Waals surface area contributed by atoms with Crippen LogP contribution in [-0.4, -0.2) is 97.7 Å². The molecular weight excluding hydrogens is 1020 g/mol. The zero-order valence-electron chi connectivity index (χ0n) is 41.5. The van der Waals surface area contributed by atoms with Crippen LogP contribution in [0.25, 0.3) is 44.7 Å². The molecule has 2 aromatic carbocycles. The Morgan fingerprint density at radius 2 is 1.28 bits per heavy atom. The molecule has 1 unspecified atom stereocenters. The molecule has 5 atom stereocenters. The van der Waals surface area contributed by atoms with Crippen molar-refractivity contribution in [2.24, 2.45) is 11.8 Å². The SMILES string of the molecule is COC(=O)N[C@H](C(=O)N1CCC[C@H]1c1ncc(-c2cc(F)c3c(c2)OC(c2ccc(C(C)C)s2)n2c-3cc3cc(-c4cnc([C@@H]5CCCN5C(=O)[C@@H](NC(=O)OC)C(C)C)[nH]4)ccc32)[nH]1)C(C)C.S.S.S.S. The van der Waals surface area contributed by atoms with E-state index in [-0.39, 0.29) is 89.7 Å². The number of halogens is 1. The summed E-state index contributed by atoms with van der Waals surface area (Å²) in [6.07, 6.45) is 4.47. The first-order valence-corrected chi connectivity index (χ1v) is 24.1. The van der Waals surface area contributed by atoms with Gasteiger partial charge in [0.15, 0.2) is 0 Å². The number of ether oxygens (including phenoxy) is 3. The van der Waals surface area contributed by atoms with Crippen molar-refractivity contribution in [2.45, 2.75) is 104 Å². The van der Waals surface area contributed by atoms with E-state index in [0.717, 1.165) is 46.3 Å². The summed E-state index contributed by atoms with van der Waals surface area (Å²) in [5.74, 6) is 0.738. The van der Waals surface area contributed by atoms with E-state index in [1.807, 2.05) is 52.0 Å². The topological polar surface area (TPSA) is 189 Å². The van der Waals surface area contributed by atoms with E-state index < -0.39 is 36.3 Å². The predicted molar refractivity (Wildman–Crippen MR) is 297 cm³/mol. The molecule has 9 rings (SSSR count). The first-order valence-electron chi connectivity index (χ1n) is 23.3. The van der Waals surface area contributed by atoms with Crippen molar-refractivity contribution in [2.75, 3.05) is 27.3 Å². The van der Waals surface area contributed by atoms with Gasteiger partial charge in [0.25, 0.3) is 0 Å². The van der Waals surface area contributed by atoms with Gasteiger partial charge in [0.05, 0.1) is 71.7 Å². The number of rotatable bonds is 12. The van der Waals surface area contributed by atoms with E-state index in [1.54, 1.807) is 33.5 Å². The Hall–Kier alpha value is -5.29. The third kappa shape index (κ3) is 11.0. The largest absolute Gasteiger partial charge is 0.464 e. The molecule has 72 heavy (non-hydrogen) atoms. The molecule has 4 aromatic heterocycles. The molecule has 0 radical (unpaired) electrons. The molecule has 2 saturated heterocycles. The van der Waals surface area contributed by atoms with Gasteiger partial charge in [-0.1, -0.05) is 47.6 Å². The molecule has 3 aliphatic heterocycles. The molecule has 390 valence electrons. The molecule has 0 aliphatic carbocycles. The molecular formula is C50H66FN9O7S5. The first-order chi connectivity index (χ1) is 32.6. The lowest BCUT2D eigenvalue weighted by molar-refractivity contribution is -0.136. The number of hydrogen-bond donors (Lipinski definition) is 4. The van der Waals surface area contributed by atoms with E-state index in [2.05, 4.69) is 57.2 Å². The van der Waals surface area contributed by atoms with Crippen LogP contribution in [0, 0.1) is 17.7 Å². The average molecular weight is 1080 g/mol. The van der Waals surface area contributed by atoms with Crippen molar-refractivity contribution in [1.29, 1.82) is 0 Å². The minimum Gasteiger partial charge on any atom is -0.464 e. The van der Waals surface area contributed by atoms with Gasteiger partial charge < -0.3 is 44.6 Å². The summed E-state index contributed by atoms with van der Waals surface area (Å²) in [5, 5.41) is 6.27. The van der Waals surface area contributed by atoms with Crippen LogP contribution in [0.4, 0.5) is 14.0 Å². The Balaban J connectivity index is 0.00000241. The number of imidazole rings is 2. The normalized spacial score (nSPS) is 17.7. The Kier molecular flexibility index (Phi) is 19.0. The van der Waals surface area contributed by atoms with Gasteiger partial charge >= 0.3 is 12.2 Å². The van der Waals surface area contributed by atoms with E-state index >= 15 is 4.39 Å². The fourth-order valence-corrected chi connectivity index (χ4v) is 10.8. The van der Waals surface area contributed by atoms with E-state index in [1.165, 1.54) is 25.2 Å². The highest BCUT2D eigenvalue weighted by molar-refractivity contribution is 7.59. The maximum Gasteiger partial charge on any atom is 0.407 e. The van der Waals surface area contributed by atoms with Gasteiger partial charge in [-0.2, -0.15) is 54.0 Å². The molecule has 0 saturated carbocycles. The number of thiophene rings is 1. The van der Waals surface area contributed by atoms with Crippen LogP contribution in [0.15, 0.2) is 60.9 Å². The number of nitrogens with one attached hydrogen (secondary N) is 4. The second-order valence-electron chi connectivity index (χ2n) is 18.8. The fraction of sp³-hybridized carbons (Fsp3) is 0.440. The zero-order valence-corrected chi connectivity index (χ0v) is 46.3. The monoisotopic (exact) mass is 1080 g/mol. The van der Waals surface area contributed by atoms with Crippen molar-refractivity contribution < 1.29 is 37.8 Å². The maximum atomic E-state index is 16.9. The molecule has 7 heterocycles. The Morgan fingerprint density at radius 3 is 1.78 bits per heavy atom. The van der Waals surface area contributed by atoms with E-state index in [4.69, 9.17) is 24.2 Å². The number of fused-ring (bicyclic) bond motifs is 5. The molecule has 16 nitrogen and oxygen atoms in total. The highest BCUT2D eigenvalue weighted by atomic mass is 32.1. The number of nitrogens with zero attached hydrogens (tertiary/aromatic N) is 5. The summed E-state index contributed by atoms with van der Waals surface area (Å²) in [6, 6.07) is 13.5. The number of alkyl carbamates (subject to hydrolysis) is 2. The molecule has 0 spiro atoms. The van der Waals surface area contributed by atoms with Crippen molar-refractivity contribution in [3.63, 3.8) is 0 Å². The highest BCUT2D eigenvalue weighted by Crippen LogP contribution is 2.49. The lowest BCUT2D eigenvalue weighted by Crippen LogP contribution is -2.51. The Bertz CT molecular complexity index is 2900. The second-order valence-corrected chi connectivity index (χ2v) is 20.0. The van der Waals surface area contributed by atoms with Crippen LogP contribution in [0.2, 0.25) is 0 Å². The molecule has 6 aromatic rings. The molecule has 3 aliphatic rings. The van der Waals surface area contributed by atoms with Crippen molar-refractivity contribution in [3.05, 3.63) is 88.1 Å². The number of amides is 4. The van der Waals surface area contributed by atoms with Gasteiger partial charge in [0.1, 0.15) is 35.3 Å². The summed E-state index contributed by atoms with van der Waals surface area (Å²) >= 11 is 1.67. The third-order valence-electron chi connectivity index (χ3n) is 13.4. The number of H-pyrrole nitrogens is 2. The number of carbonyl (C=O) groups excluding carboxylic acids is 4. The van der Waals surface area contributed by atoms with Crippen molar-refractivity contribution >= 4 is 100 Å². The van der Waals surface area contributed by atoms with Gasteiger partial charge in [-0.15, -0.1) is 11.3 Å². The summed E-state index contributed by atoms with van der Waals surface area (Å²) < 4.78 is 35.4. The lowest BCUT2D eigenvalue weighted by Gasteiger charge is -2.30. The third-order valence-corrected chi connectivity index (χ3v) is 14.8. The van der Waals surface area contributed by atoms with Crippen LogP contribution in [-0.2, 0) is 19.1 Å². The van der Waals surface area contributed by atoms with Gasteiger partial charge in [-0.25, -0.2) is 23.9 Å². The summed E-state index contributed by atoms with van der Waals surface area (Å²) in [4.78, 5) is 73.9. The van der Waals surface area contributed by atoms with Crippen molar-refractivity contribution in [3.8, 4) is 39.5 Å². The van der Waals surface area contributed by atoms with Crippen LogP contribution in [0.3, 0.4) is 0 Å². The maximum absolute atomic E-state index is 16.9. The van der Waals surface area contributed by atoms with Gasteiger partial charge in [0.2, 0.25) is 18.0 Å². The number of hydrogen-bond acceptors (Lipinski definition) is 10. The average Bonchev–Trinajstić information content (AvgIpc) is 4.18. The molecule has 4 amide bonds. The minimum absolute atomic E-state index is 0. The standard InChI is InChI=1S/C50H58FN9O7S.4H2S/c1-25(2)39-15-16-40(68-39)48-60-34-14-13-28(32-23-52-44(54-32)35-11-9-17-58(35)46(61)42(26(3)4)56-49(63)65-7)19-30(34)21-37(60)41-31(51)20-29(22-38(41)67-48)33-24-53-45(55-33)36-12-10-18-59(36)47(62)43(27(5)6)57-50(64)66-8;;;;/h13-16,19-27,35-36,42-43,48H,9-12,17-18H2,1-8H3,(H,52,54)(H,53,55)(H,56,63)(H,57,64);4*1H2/t35-,36-,42-,43-,48?;;;;/m0..../s1. The molecule has 4 N–H and O–H groups in total. The second kappa shape index (κ2) is 23.7. The number of aromatic amines is 2. The fourth-order valence-electron chi connectivity index (χ4n) is 9.79. The summed E-state index contributed by atoms with van der Waals surface area (Å²) in [7, 11) is 2.55. The Labute approximate surface area is 450 Å². The number of methoxy groups -OCH3 is 2. The van der Waals surface area contributed by atoms with E-state index in [0.29, 0.717) is 65.3 Å². The smallest absolute Gasteiger partial charge is 0.407 e. The van der Waals surface area contributed by atoms with E-state index in [9.17, 15) is 19.2 Å². The van der Waals surface area contributed by atoms with Gasteiger partial charge in [-0.05, 0) is 85.9 Å². The number of aromatic nitrogens is 5. The number of benzene rings is 2. The quantitative estimate of drug-likeness (QED) is 0.0925. The predicted octanol–water partition coefficient (Wildman–Crippen LogP) is 9.89. The van der Waals surface area contributed by atoms with Gasteiger partial charge in [-0.3, -0.25) is 14.2 Å². The van der Waals surface area contributed by atoms with Crippen LogP contribution >= 0.6 is 65.3 Å². The van der Waals surface area contributed by atoms with Gasteiger partial charge in [0, 0.05) is 34.5 Å². The lowest BCUT2D eigenvalue weighted by atomic mass is 10.0. The number of carbonyl (C=O) groups is 4. The molecule has 0 bridgehead atoms. The van der Waals surface area contributed by atoms with Crippen LogP contribution in [0.1, 0.15) is 113 Å².